The highest BCUT2D eigenvalue weighted by Crippen LogP contribution is 2.35. The zero-order valence-corrected chi connectivity index (χ0v) is 15.0. The minimum atomic E-state index is -0.0438. The van der Waals surface area contributed by atoms with E-state index in [2.05, 4.69) is 47.2 Å². The van der Waals surface area contributed by atoms with Gasteiger partial charge in [0.15, 0.2) is 0 Å². The zero-order valence-electron chi connectivity index (χ0n) is 14.2. The van der Waals surface area contributed by atoms with Crippen molar-refractivity contribution in [1.29, 1.82) is 0 Å². The van der Waals surface area contributed by atoms with Gasteiger partial charge in [0.2, 0.25) is 0 Å². The van der Waals surface area contributed by atoms with Crippen LogP contribution in [0.5, 0.6) is 0 Å². The summed E-state index contributed by atoms with van der Waals surface area (Å²) in [4.78, 5) is 16.2. The smallest absolute Gasteiger partial charge is 0.264 e. The van der Waals surface area contributed by atoms with Crippen molar-refractivity contribution in [3.63, 3.8) is 0 Å². The van der Waals surface area contributed by atoms with Crippen LogP contribution in [-0.2, 0) is 6.54 Å². The van der Waals surface area contributed by atoms with Gasteiger partial charge < -0.3 is 9.47 Å². The largest absolute Gasteiger partial charge is 0.348 e. The molecule has 2 aromatic carbocycles. The first kappa shape index (κ1) is 15.4. The second kappa shape index (κ2) is 6.15. The highest BCUT2D eigenvalue weighted by Gasteiger charge is 2.33. The first-order valence-corrected chi connectivity index (χ1v) is 9.62. The van der Waals surface area contributed by atoms with Crippen molar-refractivity contribution in [3.05, 3.63) is 95.1 Å². The third kappa shape index (κ3) is 2.45. The number of hydrogen-bond donors (Lipinski definition) is 0. The van der Waals surface area contributed by atoms with Crippen molar-refractivity contribution >= 4 is 27.3 Å². The lowest BCUT2D eigenvalue weighted by Crippen LogP contribution is -2.42. The monoisotopic (exact) mass is 358 g/mol. The van der Waals surface area contributed by atoms with Crippen molar-refractivity contribution in [2.45, 2.75) is 12.6 Å². The lowest BCUT2D eigenvalue weighted by atomic mass is 9.99. The number of fused-ring (bicyclic) bond motifs is 2. The van der Waals surface area contributed by atoms with E-state index in [1.807, 2.05) is 41.3 Å². The van der Waals surface area contributed by atoms with Crippen LogP contribution < -0.4 is 0 Å². The molecule has 1 aliphatic rings. The second-order valence-electron chi connectivity index (χ2n) is 6.59. The molecule has 0 bridgehead atoms. The summed E-state index contributed by atoms with van der Waals surface area (Å²) in [7, 11) is 0. The van der Waals surface area contributed by atoms with Gasteiger partial charge in [-0.3, -0.25) is 4.79 Å². The van der Waals surface area contributed by atoms with Gasteiger partial charge in [-0.2, -0.15) is 0 Å². The normalized spacial score (nSPS) is 16.6. The molecule has 128 valence electrons. The average molecular weight is 358 g/mol. The third-order valence-corrected chi connectivity index (χ3v) is 6.15. The molecule has 0 N–H and O–H groups in total. The Hall–Kier alpha value is -2.85. The predicted molar refractivity (Wildman–Crippen MR) is 106 cm³/mol. The Morgan fingerprint density at radius 3 is 2.58 bits per heavy atom. The van der Waals surface area contributed by atoms with Crippen LogP contribution >= 0.6 is 11.3 Å². The van der Waals surface area contributed by atoms with E-state index in [0.29, 0.717) is 6.54 Å². The molecule has 1 aliphatic heterocycles. The number of rotatable bonds is 2. The first-order chi connectivity index (χ1) is 12.8. The molecule has 3 nitrogen and oxygen atoms in total. The van der Waals surface area contributed by atoms with Crippen LogP contribution in [0.4, 0.5) is 0 Å². The number of aromatic nitrogens is 1. The summed E-state index contributed by atoms with van der Waals surface area (Å²) in [6.45, 7) is 1.55. The molecule has 0 saturated carbocycles. The fourth-order valence-corrected chi connectivity index (χ4v) is 4.84. The second-order valence-corrected chi connectivity index (χ2v) is 7.67. The Bertz CT molecular complexity index is 1050. The number of thiophene rings is 1. The van der Waals surface area contributed by atoms with Crippen LogP contribution in [0.1, 0.15) is 27.0 Å². The van der Waals surface area contributed by atoms with E-state index in [4.69, 9.17) is 0 Å². The Labute approximate surface area is 156 Å². The Balaban J connectivity index is 1.59. The molecule has 4 heteroatoms. The summed E-state index contributed by atoms with van der Waals surface area (Å²) in [5.41, 5.74) is 2.33. The summed E-state index contributed by atoms with van der Waals surface area (Å²) in [6.07, 6.45) is 2.10. The molecule has 1 amide bonds. The molecule has 5 rings (SSSR count). The molecular weight excluding hydrogens is 340 g/mol. The van der Waals surface area contributed by atoms with Crippen LogP contribution in [0.25, 0.3) is 10.1 Å². The van der Waals surface area contributed by atoms with E-state index in [1.54, 1.807) is 11.3 Å². The molecule has 0 fully saturated rings. The molecule has 1 atom stereocenters. The summed E-state index contributed by atoms with van der Waals surface area (Å²) in [5, 5.41) is 1.14. The summed E-state index contributed by atoms with van der Waals surface area (Å²) < 4.78 is 3.42. The van der Waals surface area contributed by atoms with Gasteiger partial charge in [-0.25, -0.2) is 0 Å². The number of carbonyl (C=O) groups excluding carboxylic acids is 1. The van der Waals surface area contributed by atoms with E-state index >= 15 is 0 Å². The zero-order chi connectivity index (χ0) is 17.5. The number of benzene rings is 2. The third-order valence-electron chi connectivity index (χ3n) is 5.05. The molecule has 0 saturated heterocycles. The van der Waals surface area contributed by atoms with Crippen molar-refractivity contribution in [2.75, 3.05) is 6.54 Å². The van der Waals surface area contributed by atoms with Crippen molar-refractivity contribution in [2.24, 2.45) is 0 Å². The van der Waals surface area contributed by atoms with Crippen molar-refractivity contribution in [1.82, 2.24) is 9.47 Å². The fraction of sp³-hybridized carbons (Fsp3) is 0.136. The SMILES string of the molecule is O=C(c1cc2ccccc2s1)N1CCn2cccc2C1c1ccccc1. The Kier molecular flexibility index (Phi) is 3.64. The quantitative estimate of drug-likeness (QED) is 0.498. The van der Waals surface area contributed by atoms with Crippen LogP contribution in [0, 0.1) is 0 Å². The maximum absolute atomic E-state index is 13.4. The molecule has 0 spiro atoms. The Morgan fingerprint density at radius 2 is 1.73 bits per heavy atom. The molecular formula is C22H18N2OS. The van der Waals surface area contributed by atoms with Gasteiger partial charge in [0.25, 0.3) is 5.91 Å². The van der Waals surface area contributed by atoms with Crippen LogP contribution in [0.2, 0.25) is 0 Å². The van der Waals surface area contributed by atoms with Gasteiger partial charge in [-0.1, -0.05) is 48.5 Å². The minimum absolute atomic E-state index is 0.0438. The fourth-order valence-electron chi connectivity index (χ4n) is 3.82. The summed E-state index contributed by atoms with van der Waals surface area (Å²) in [5.74, 6) is 0.118. The van der Waals surface area contributed by atoms with E-state index in [1.165, 1.54) is 5.69 Å². The van der Waals surface area contributed by atoms with E-state index in [-0.39, 0.29) is 11.9 Å². The van der Waals surface area contributed by atoms with Gasteiger partial charge in [0, 0.05) is 29.7 Å². The number of hydrogen-bond acceptors (Lipinski definition) is 2. The van der Waals surface area contributed by atoms with E-state index in [0.717, 1.165) is 27.1 Å². The summed E-state index contributed by atoms with van der Waals surface area (Å²) in [6, 6.07) is 24.7. The van der Waals surface area contributed by atoms with Gasteiger partial charge in [-0.15, -0.1) is 11.3 Å². The number of nitrogens with zero attached hydrogens (tertiary/aromatic N) is 2. The molecule has 4 aromatic rings. The lowest BCUT2D eigenvalue weighted by molar-refractivity contribution is 0.0669. The number of carbonyl (C=O) groups is 1. The standard InChI is InChI=1S/C22H18N2OS/c25-22(20-15-17-9-4-5-11-19(17)26-20)24-14-13-23-12-6-10-18(23)21(24)16-7-2-1-3-8-16/h1-12,15,21H,13-14H2. The average Bonchev–Trinajstić information content (AvgIpc) is 3.33. The topological polar surface area (TPSA) is 25.2 Å². The maximum atomic E-state index is 13.4. The van der Waals surface area contributed by atoms with Gasteiger partial charge in [0.05, 0.1) is 10.9 Å². The highest BCUT2D eigenvalue weighted by molar-refractivity contribution is 7.20. The van der Waals surface area contributed by atoms with E-state index in [9.17, 15) is 4.79 Å². The van der Waals surface area contributed by atoms with Gasteiger partial charge >= 0.3 is 0 Å². The van der Waals surface area contributed by atoms with Crippen LogP contribution in [0.3, 0.4) is 0 Å². The molecule has 2 aromatic heterocycles. The molecule has 0 aliphatic carbocycles. The van der Waals surface area contributed by atoms with Gasteiger partial charge in [-0.05, 0) is 35.2 Å². The first-order valence-electron chi connectivity index (χ1n) is 8.81. The highest BCUT2D eigenvalue weighted by atomic mass is 32.1. The Morgan fingerprint density at radius 1 is 0.923 bits per heavy atom. The molecule has 0 radical (unpaired) electrons. The summed E-state index contributed by atoms with van der Waals surface area (Å²) >= 11 is 1.58. The van der Waals surface area contributed by atoms with Gasteiger partial charge in [0.1, 0.15) is 0 Å². The van der Waals surface area contributed by atoms with Crippen LogP contribution in [-0.4, -0.2) is 21.9 Å². The molecule has 1 unspecified atom stereocenters. The van der Waals surface area contributed by atoms with Crippen LogP contribution in [0.15, 0.2) is 79.0 Å². The molecule has 26 heavy (non-hydrogen) atoms. The molecule has 3 heterocycles. The minimum Gasteiger partial charge on any atom is -0.348 e. The number of amides is 1. The van der Waals surface area contributed by atoms with Crippen molar-refractivity contribution < 1.29 is 4.79 Å². The predicted octanol–water partition coefficient (Wildman–Crippen LogP) is 4.95. The lowest BCUT2D eigenvalue weighted by Gasteiger charge is -2.37. The maximum Gasteiger partial charge on any atom is 0.264 e. The van der Waals surface area contributed by atoms with Crippen molar-refractivity contribution in [3.8, 4) is 0 Å². The van der Waals surface area contributed by atoms with E-state index < -0.39 is 0 Å².